The summed E-state index contributed by atoms with van der Waals surface area (Å²) in [4.78, 5) is 22.7. The molecule has 1 aromatic carbocycles. The molecule has 8 nitrogen and oxygen atoms in total. The van der Waals surface area contributed by atoms with Gasteiger partial charge in [0.1, 0.15) is 16.0 Å². The van der Waals surface area contributed by atoms with E-state index in [0.717, 1.165) is 17.5 Å². The standard InChI is InChI=1S/C15H16BrN7O/c1-8-4-2-3-5-11(8)21-15-20-7-10(16)14(23-15)22-12(18)9(6-17)13(19)24/h2-7H,17H2,1H3,(H2,19,24)(H3,18,20,21,22,23)/p+1/b9-6+. The number of para-hydroxylation sites is 1. The molecule has 124 valence electrons. The molecule has 24 heavy (non-hydrogen) atoms. The molecule has 2 rings (SSSR count). The minimum absolute atomic E-state index is 0.0788. The van der Waals surface area contributed by atoms with E-state index in [-0.39, 0.29) is 17.2 Å². The number of anilines is 2. The number of aromatic nitrogens is 2. The van der Waals surface area contributed by atoms with Crippen LogP contribution < -0.4 is 27.5 Å². The second kappa shape index (κ2) is 7.55. The zero-order chi connectivity index (χ0) is 17.7. The molecule has 0 atom stereocenters. The van der Waals surface area contributed by atoms with E-state index < -0.39 is 5.91 Å². The number of hydrogen-bond acceptors (Lipinski definition) is 5. The number of aromatic amines is 1. The van der Waals surface area contributed by atoms with Crippen molar-refractivity contribution in [2.45, 2.75) is 6.92 Å². The topological polar surface area (TPSA) is 147 Å². The maximum Gasteiger partial charge on any atom is 0.396 e. The molecule has 0 saturated carbocycles. The van der Waals surface area contributed by atoms with Gasteiger partial charge in [-0.25, -0.2) is 10.3 Å². The highest BCUT2D eigenvalue weighted by Crippen LogP contribution is 2.24. The first-order valence-corrected chi connectivity index (χ1v) is 7.68. The Bertz CT molecular complexity index is 832. The average molecular weight is 391 g/mol. The molecule has 0 bridgehead atoms. The number of rotatable bonds is 5. The van der Waals surface area contributed by atoms with E-state index in [1.54, 1.807) is 6.20 Å². The molecule has 0 aliphatic carbocycles. The van der Waals surface area contributed by atoms with Gasteiger partial charge in [-0.15, -0.1) is 0 Å². The third-order valence-electron chi connectivity index (χ3n) is 3.10. The Balaban J connectivity index is 2.36. The number of aliphatic imine (C=N–C) groups is 1. The predicted molar refractivity (Wildman–Crippen MR) is 95.7 cm³/mol. The molecule has 1 heterocycles. The minimum atomic E-state index is -0.768. The van der Waals surface area contributed by atoms with E-state index >= 15 is 0 Å². The molecule has 0 radical (unpaired) electrons. The number of nitrogens with zero attached hydrogens (tertiary/aromatic N) is 2. The van der Waals surface area contributed by atoms with Crippen molar-refractivity contribution >= 4 is 45.1 Å². The summed E-state index contributed by atoms with van der Waals surface area (Å²) >= 11 is 3.32. The highest BCUT2D eigenvalue weighted by atomic mass is 79.9. The van der Waals surface area contributed by atoms with E-state index in [4.69, 9.17) is 17.2 Å². The average Bonchev–Trinajstić information content (AvgIpc) is 2.53. The molecule has 8 N–H and O–H groups in total. The van der Waals surface area contributed by atoms with Crippen LogP contribution in [0.1, 0.15) is 5.56 Å². The van der Waals surface area contributed by atoms with Crippen LogP contribution in [0.15, 0.2) is 51.7 Å². The normalized spacial score (nSPS) is 12.1. The number of nitrogens with two attached hydrogens (primary N) is 3. The fraction of sp³-hybridized carbons (Fsp3) is 0.0667. The second-order valence-electron chi connectivity index (χ2n) is 4.80. The maximum absolute atomic E-state index is 11.3. The van der Waals surface area contributed by atoms with Crippen LogP contribution in [0.25, 0.3) is 0 Å². The van der Waals surface area contributed by atoms with Crippen LogP contribution in [0, 0.1) is 6.92 Å². The van der Waals surface area contributed by atoms with Crippen molar-refractivity contribution in [1.29, 1.82) is 0 Å². The van der Waals surface area contributed by atoms with Crippen LogP contribution in [0.4, 0.5) is 17.5 Å². The van der Waals surface area contributed by atoms with Crippen molar-refractivity contribution in [3.63, 3.8) is 0 Å². The minimum Gasteiger partial charge on any atom is -0.404 e. The summed E-state index contributed by atoms with van der Waals surface area (Å²) in [5.41, 5.74) is 18.2. The van der Waals surface area contributed by atoms with Gasteiger partial charge < -0.3 is 17.2 Å². The van der Waals surface area contributed by atoms with Crippen LogP contribution >= 0.6 is 15.9 Å². The third kappa shape index (κ3) is 4.07. The van der Waals surface area contributed by atoms with E-state index in [9.17, 15) is 4.79 Å². The van der Waals surface area contributed by atoms with E-state index in [1.807, 2.05) is 31.2 Å². The van der Waals surface area contributed by atoms with E-state index in [0.29, 0.717) is 10.4 Å². The van der Waals surface area contributed by atoms with Crippen molar-refractivity contribution in [2.75, 3.05) is 5.32 Å². The molecule has 2 aromatic rings. The zero-order valence-corrected chi connectivity index (χ0v) is 14.5. The van der Waals surface area contributed by atoms with Crippen LogP contribution in [-0.2, 0) is 4.79 Å². The number of carbonyl (C=O) groups is 1. The molecule has 0 spiro atoms. The van der Waals surface area contributed by atoms with Gasteiger partial charge in [-0.05, 0) is 39.5 Å². The number of aryl methyl sites for hydroxylation is 1. The smallest absolute Gasteiger partial charge is 0.396 e. The van der Waals surface area contributed by atoms with E-state index in [1.165, 1.54) is 0 Å². The predicted octanol–water partition coefficient (Wildman–Crippen LogP) is 1.03. The molecule has 9 heteroatoms. The number of H-pyrrole nitrogens is 1. The Labute approximate surface area is 147 Å². The summed E-state index contributed by atoms with van der Waals surface area (Å²) in [7, 11) is 0. The van der Waals surface area contributed by atoms with Crippen molar-refractivity contribution in [2.24, 2.45) is 22.2 Å². The summed E-state index contributed by atoms with van der Waals surface area (Å²) in [5.74, 6) is -0.166. The van der Waals surface area contributed by atoms with Gasteiger partial charge >= 0.3 is 5.95 Å². The first-order valence-electron chi connectivity index (χ1n) is 6.89. The fourth-order valence-corrected chi connectivity index (χ4v) is 2.13. The third-order valence-corrected chi connectivity index (χ3v) is 3.68. The molecule has 1 amide bonds. The molecular formula is C15H17BrN7O+. The van der Waals surface area contributed by atoms with Gasteiger partial charge in [0.25, 0.3) is 11.7 Å². The molecule has 0 aliphatic rings. The van der Waals surface area contributed by atoms with E-state index in [2.05, 4.69) is 36.2 Å². The fourth-order valence-electron chi connectivity index (χ4n) is 1.84. The summed E-state index contributed by atoms with van der Waals surface area (Å²) in [6.07, 6.45) is 2.66. The Morgan fingerprint density at radius 3 is 2.71 bits per heavy atom. The molecule has 0 fully saturated rings. The van der Waals surface area contributed by atoms with Gasteiger partial charge in [-0.1, -0.05) is 18.2 Å². The molecule has 0 saturated heterocycles. The first-order chi connectivity index (χ1) is 11.4. The lowest BCUT2D eigenvalue weighted by molar-refractivity contribution is -0.365. The Morgan fingerprint density at radius 1 is 1.38 bits per heavy atom. The summed E-state index contributed by atoms with van der Waals surface area (Å²) < 4.78 is 0.557. The largest absolute Gasteiger partial charge is 0.404 e. The van der Waals surface area contributed by atoms with Gasteiger partial charge in [0.15, 0.2) is 0 Å². The van der Waals surface area contributed by atoms with Crippen molar-refractivity contribution in [3.8, 4) is 0 Å². The Morgan fingerprint density at radius 2 is 2.08 bits per heavy atom. The Hall–Kier alpha value is -2.94. The van der Waals surface area contributed by atoms with Gasteiger partial charge in [0.05, 0.1) is 11.8 Å². The van der Waals surface area contributed by atoms with Gasteiger partial charge in [-0.2, -0.15) is 4.99 Å². The number of hydrogen-bond donors (Lipinski definition) is 4. The highest BCUT2D eigenvalue weighted by Gasteiger charge is 2.16. The lowest BCUT2D eigenvalue weighted by Crippen LogP contribution is -2.27. The zero-order valence-electron chi connectivity index (χ0n) is 12.9. The van der Waals surface area contributed by atoms with Gasteiger partial charge in [0, 0.05) is 6.20 Å². The maximum atomic E-state index is 11.3. The SMILES string of the molecule is Cc1ccccc1Nc1nc(N=C(N)/C(=C\N)C(N)=O)c(Br)c[nH+]1. The Kier molecular flexibility index (Phi) is 5.48. The number of primary amides is 1. The lowest BCUT2D eigenvalue weighted by Gasteiger charge is -2.03. The van der Waals surface area contributed by atoms with Gasteiger partial charge in [0.2, 0.25) is 0 Å². The lowest BCUT2D eigenvalue weighted by atomic mass is 10.2. The number of benzene rings is 1. The summed E-state index contributed by atoms with van der Waals surface area (Å²) in [5, 5.41) is 3.15. The van der Waals surface area contributed by atoms with Crippen LogP contribution in [0.3, 0.4) is 0 Å². The number of amides is 1. The van der Waals surface area contributed by atoms with Crippen molar-refractivity contribution in [1.82, 2.24) is 4.98 Å². The first kappa shape index (κ1) is 17.4. The monoisotopic (exact) mass is 390 g/mol. The van der Waals surface area contributed by atoms with Crippen molar-refractivity contribution in [3.05, 3.63) is 52.3 Å². The van der Waals surface area contributed by atoms with Crippen LogP contribution in [0.2, 0.25) is 0 Å². The number of nitrogens with one attached hydrogen (secondary N) is 2. The molecular weight excluding hydrogens is 374 g/mol. The second-order valence-corrected chi connectivity index (χ2v) is 5.66. The van der Waals surface area contributed by atoms with Crippen molar-refractivity contribution < 1.29 is 9.78 Å². The molecule has 1 aromatic heterocycles. The quantitative estimate of drug-likeness (QED) is 0.341. The summed E-state index contributed by atoms with van der Waals surface area (Å²) in [6, 6.07) is 7.76. The number of carbonyl (C=O) groups excluding carboxylic acids is 1. The number of halogens is 1. The van der Waals surface area contributed by atoms with Crippen LogP contribution in [0.5, 0.6) is 0 Å². The van der Waals surface area contributed by atoms with Crippen LogP contribution in [-0.4, -0.2) is 16.7 Å². The van der Waals surface area contributed by atoms with Gasteiger partial charge in [-0.3, -0.25) is 4.79 Å². The summed E-state index contributed by atoms with van der Waals surface area (Å²) in [6.45, 7) is 1.98. The molecule has 0 unspecified atom stereocenters. The number of amidine groups is 1. The highest BCUT2D eigenvalue weighted by molar-refractivity contribution is 9.10. The molecule has 0 aliphatic heterocycles.